The smallest absolute Gasteiger partial charge is 0.305 e. The summed E-state index contributed by atoms with van der Waals surface area (Å²) < 4.78 is 11.1. The average molecular weight is 794 g/mol. The number of unbranched alkanes of at least 4 members (excludes halogenated alkanes) is 26. The van der Waals surface area contributed by atoms with Gasteiger partial charge in [-0.05, 0) is 70.9 Å². The van der Waals surface area contributed by atoms with Crippen molar-refractivity contribution >= 4 is 11.9 Å². The van der Waals surface area contributed by atoms with Crippen molar-refractivity contribution in [1.82, 2.24) is 4.90 Å². The summed E-state index contributed by atoms with van der Waals surface area (Å²) in [7, 11) is 0. The molecular formula is C50H99NO5. The molecule has 0 fully saturated rings. The normalized spacial score (nSPS) is 12.7. The average Bonchev–Trinajstić information content (AvgIpc) is 3.20. The first-order valence-electron chi connectivity index (χ1n) is 25.1. The lowest BCUT2D eigenvalue weighted by atomic mass is 9.90. The van der Waals surface area contributed by atoms with E-state index in [9.17, 15) is 14.7 Å². The molecule has 0 bridgehead atoms. The van der Waals surface area contributed by atoms with E-state index in [0.29, 0.717) is 26.1 Å². The molecule has 0 amide bonds. The fourth-order valence-electron chi connectivity index (χ4n) is 8.06. The Labute approximate surface area is 350 Å². The first-order valence-corrected chi connectivity index (χ1v) is 25.1. The van der Waals surface area contributed by atoms with Crippen LogP contribution in [0.2, 0.25) is 0 Å². The second kappa shape index (κ2) is 45.0. The molecule has 0 aromatic rings. The summed E-state index contributed by atoms with van der Waals surface area (Å²) in [5.74, 6) is 0.727. The van der Waals surface area contributed by atoms with Crippen LogP contribution in [0.4, 0.5) is 0 Å². The Morgan fingerprint density at radius 1 is 0.429 bits per heavy atom. The van der Waals surface area contributed by atoms with Gasteiger partial charge in [-0.15, -0.1) is 0 Å². The Hall–Kier alpha value is -1.14. The van der Waals surface area contributed by atoms with Gasteiger partial charge < -0.3 is 14.6 Å². The van der Waals surface area contributed by atoms with Gasteiger partial charge >= 0.3 is 11.9 Å². The fourth-order valence-corrected chi connectivity index (χ4v) is 8.06. The van der Waals surface area contributed by atoms with Crippen molar-refractivity contribution in [2.24, 2.45) is 5.92 Å². The molecule has 0 aliphatic rings. The van der Waals surface area contributed by atoms with Crippen LogP contribution in [0.25, 0.3) is 0 Å². The van der Waals surface area contributed by atoms with E-state index in [4.69, 9.17) is 9.47 Å². The van der Waals surface area contributed by atoms with E-state index in [1.807, 2.05) is 0 Å². The highest BCUT2D eigenvalue weighted by Gasteiger charge is 2.13. The summed E-state index contributed by atoms with van der Waals surface area (Å²) in [5, 5.41) is 9.80. The number of hydrogen-bond donors (Lipinski definition) is 1. The van der Waals surface area contributed by atoms with Crippen LogP contribution in [0.15, 0.2) is 0 Å². The third kappa shape index (κ3) is 39.7. The second-order valence-corrected chi connectivity index (χ2v) is 17.5. The lowest BCUT2D eigenvalue weighted by molar-refractivity contribution is -0.144. The van der Waals surface area contributed by atoms with Gasteiger partial charge in [0.05, 0.1) is 19.8 Å². The van der Waals surface area contributed by atoms with Crippen LogP contribution in [0.1, 0.15) is 265 Å². The summed E-state index contributed by atoms with van der Waals surface area (Å²) in [6, 6.07) is 0.155. The van der Waals surface area contributed by atoms with Crippen LogP contribution < -0.4 is 0 Å². The lowest BCUT2D eigenvalue weighted by Gasteiger charge is -2.27. The molecule has 6 heteroatoms. The van der Waals surface area contributed by atoms with Crippen LogP contribution in [0, 0.1) is 5.92 Å². The Balaban J connectivity index is 3.95. The van der Waals surface area contributed by atoms with E-state index >= 15 is 0 Å². The number of hydrogen-bond acceptors (Lipinski definition) is 6. The maximum atomic E-state index is 12.4. The number of nitrogens with zero attached hydrogens (tertiary/aromatic N) is 1. The number of esters is 2. The molecule has 0 radical (unpaired) electrons. The number of ether oxygens (including phenoxy) is 2. The van der Waals surface area contributed by atoms with Gasteiger partial charge in [0, 0.05) is 18.9 Å². The second-order valence-electron chi connectivity index (χ2n) is 17.5. The molecule has 1 N–H and O–H groups in total. The Kier molecular flexibility index (Phi) is 44.0. The molecular weight excluding hydrogens is 695 g/mol. The van der Waals surface area contributed by atoms with Gasteiger partial charge in [-0.3, -0.25) is 14.5 Å². The fraction of sp³-hybridized carbons (Fsp3) is 0.960. The number of carbonyl (C=O) groups excluding carboxylic acids is 2. The van der Waals surface area contributed by atoms with E-state index in [-0.39, 0.29) is 24.6 Å². The molecule has 0 rings (SSSR count). The molecule has 56 heavy (non-hydrogen) atoms. The molecule has 6 nitrogen and oxygen atoms in total. The van der Waals surface area contributed by atoms with Gasteiger partial charge in [0.25, 0.3) is 0 Å². The van der Waals surface area contributed by atoms with Gasteiger partial charge in [0.2, 0.25) is 0 Å². The predicted molar refractivity (Wildman–Crippen MR) is 241 cm³/mol. The van der Waals surface area contributed by atoms with Crippen LogP contribution >= 0.6 is 0 Å². The minimum absolute atomic E-state index is 0.0193. The molecule has 0 saturated carbocycles. The van der Waals surface area contributed by atoms with Crippen molar-refractivity contribution in [3.8, 4) is 0 Å². The highest BCUT2D eigenvalue weighted by Crippen LogP contribution is 2.24. The monoisotopic (exact) mass is 794 g/mol. The van der Waals surface area contributed by atoms with Gasteiger partial charge in [0.15, 0.2) is 0 Å². The standard InChI is InChI=1S/C50H99NO5/c1-5-8-11-14-16-18-19-21-24-30-38-48(37-29-13-10-7-3)39-36-45-56-50(54)40-31-25-23-26-33-42-51(47(4)46-52)43-34-28-32-41-49(53)55-44-35-27-22-20-17-15-12-9-6-2/h47-48,52H,5-46H2,1-4H3. The molecule has 2 atom stereocenters. The van der Waals surface area contributed by atoms with E-state index in [1.165, 1.54) is 154 Å². The molecule has 0 aliphatic heterocycles. The first kappa shape index (κ1) is 54.9. The van der Waals surface area contributed by atoms with Crippen molar-refractivity contribution in [1.29, 1.82) is 0 Å². The largest absolute Gasteiger partial charge is 0.466 e. The molecule has 0 aliphatic carbocycles. The summed E-state index contributed by atoms with van der Waals surface area (Å²) in [6.07, 6.45) is 45.0. The summed E-state index contributed by atoms with van der Waals surface area (Å²) in [4.78, 5) is 26.9. The third-order valence-corrected chi connectivity index (χ3v) is 12.0. The summed E-state index contributed by atoms with van der Waals surface area (Å²) >= 11 is 0. The van der Waals surface area contributed by atoms with Crippen LogP contribution in [0.3, 0.4) is 0 Å². The Morgan fingerprint density at radius 2 is 0.750 bits per heavy atom. The first-order chi connectivity index (χ1) is 27.5. The van der Waals surface area contributed by atoms with Crippen molar-refractivity contribution in [3.63, 3.8) is 0 Å². The van der Waals surface area contributed by atoms with E-state index in [0.717, 1.165) is 89.6 Å². The molecule has 0 spiro atoms. The van der Waals surface area contributed by atoms with Crippen molar-refractivity contribution in [2.45, 2.75) is 271 Å². The number of carbonyl (C=O) groups is 2. The maximum absolute atomic E-state index is 12.4. The number of aliphatic hydroxyl groups excluding tert-OH is 1. The van der Waals surface area contributed by atoms with Crippen molar-refractivity contribution < 1.29 is 24.2 Å². The Morgan fingerprint density at radius 3 is 1.20 bits per heavy atom. The number of aliphatic hydroxyl groups is 1. The van der Waals surface area contributed by atoms with Crippen LogP contribution in [-0.2, 0) is 19.1 Å². The topological polar surface area (TPSA) is 76.1 Å². The molecule has 2 unspecified atom stereocenters. The van der Waals surface area contributed by atoms with Gasteiger partial charge in [-0.25, -0.2) is 0 Å². The summed E-state index contributed by atoms with van der Waals surface area (Å²) in [6.45, 7) is 12.2. The highest BCUT2D eigenvalue weighted by atomic mass is 16.5. The quantitative estimate of drug-likeness (QED) is 0.0489. The third-order valence-electron chi connectivity index (χ3n) is 12.0. The lowest BCUT2D eigenvalue weighted by Crippen LogP contribution is -2.37. The summed E-state index contributed by atoms with van der Waals surface area (Å²) in [5.41, 5.74) is 0. The number of rotatable bonds is 46. The van der Waals surface area contributed by atoms with E-state index < -0.39 is 0 Å². The highest BCUT2D eigenvalue weighted by molar-refractivity contribution is 5.69. The van der Waals surface area contributed by atoms with E-state index in [2.05, 4.69) is 32.6 Å². The van der Waals surface area contributed by atoms with Gasteiger partial charge in [-0.2, -0.15) is 0 Å². The Bertz CT molecular complexity index is 806. The molecule has 0 saturated heterocycles. The predicted octanol–water partition coefficient (Wildman–Crippen LogP) is 14.9. The van der Waals surface area contributed by atoms with Crippen molar-refractivity contribution in [2.75, 3.05) is 32.9 Å². The zero-order valence-corrected chi connectivity index (χ0v) is 38.4. The van der Waals surface area contributed by atoms with Gasteiger partial charge in [0.1, 0.15) is 0 Å². The minimum atomic E-state index is -0.0509. The van der Waals surface area contributed by atoms with Crippen molar-refractivity contribution in [3.05, 3.63) is 0 Å². The minimum Gasteiger partial charge on any atom is -0.466 e. The van der Waals surface area contributed by atoms with Crippen LogP contribution in [-0.4, -0.2) is 60.9 Å². The van der Waals surface area contributed by atoms with Gasteiger partial charge in [-0.1, -0.05) is 201 Å². The van der Waals surface area contributed by atoms with E-state index in [1.54, 1.807) is 0 Å². The van der Waals surface area contributed by atoms with Crippen LogP contribution in [0.5, 0.6) is 0 Å². The molecule has 334 valence electrons. The maximum Gasteiger partial charge on any atom is 0.305 e. The molecule has 0 heterocycles. The zero-order valence-electron chi connectivity index (χ0n) is 38.4. The zero-order chi connectivity index (χ0) is 41.0. The molecule has 0 aromatic heterocycles. The molecule has 0 aromatic carbocycles. The SMILES string of the molecule is CCCCCCCCCCCCC(CCCCCC)CCCOC(=O)CCCCCCCN(CCCCCC(=O)OCCCCCCCCCCC)C(C)CO.